The average molecular weight is 288 g/mol. The van der Waals surface area contributed by atoms with Gasteiger partial charge in [0.2, 0.25) is 0 Å². The summed E-state index contributed by atoms with van der Waals surface area (Å²) in [6.45, 7) is 0. The third kappa shape index (κ3) is 3.07. The third-order valence-electron chi connectivity index (χ3n) is 3.42. The molecule has 1 aromatic heterocycles. The normalized spacial score (nSPS) is 14.4. The van der Waals surface area contributed by atoms with Gasteiger partial charge in [-0.2, -0.15) is 0 Å². The van der Waals surface area contributed by atoms with Crippen LogP contribution in [0, 0.1) is 5.92 Å². The second kappa shape index (κ2) is 5.75. The maximum absolute atomic E-state index is 12.0. The lowest BCUT2D eigenvalue weighted by molar-refractivity contribution is 0.430. The molecule has 0 unspecified atom stereocenters. The SMILES string of the molecule is O=c1oc(-c2ccccc2)cc(O)c1SCCC1CC1. The van der Waals surface area contributed by atoms with Gasteiger partial charge in [0.25, 0.3) is 0 Å². The number of hydrogen-bond donors (Lipinski definition) is 1. The Labute approximate surface area is 121 Å². The summed E-state index contributed by atoms with van der Waals surface area (Å²) in [6.07, 6.45) is 3.70. The van der Waals surface area contributed by atoms with Gasteiger partial charge in [0.15, 0.2) is 0 Å². The number of benzene rings is 1. The Balaban J connectivity index is 1.80. The van der Waals surface area contributed by atoms with Crippen molar-refractivity contribution >= 4 is 11.8 Å². The highest BCUT2D eigenvalue weighted by Crippen LogP contribution is 2.36. The van der Waals surface area contributed by atoms with Crippen LogP contribution >= 0.6 is 11.8 Å². The van der Waals surface area contributed by atoms with E-state index in [2.05, 4.69) is 0 Å². The highest BCUT2D eigenvalue weighted by atomic mass is 32.2. The zero-order valence-electron chi connectivity index (χ0n) is 11.0. The number of hydrogen-bond acceptors (Lipinski definition) is 4. The first-order chi connectivity index (χ1) is 9.74. The molecule has 0 saturated heterocycles. The molecule has 0 radical (unpaired) electrons. The van der Waals surface area contributed by atoms with Gasteiger partial charge in [0.05, 0.1) is 0 Å². The molecule has 1 fully saturated rings. The molecule has 0 atom stereocenters. The Morgan fingerprint density at radius 1 is 1.25 bits per heavy atom. The van der Waals surface area contributed by atoms with Crippen LogP contribution in [0.25, 0.3) is 11.3 Å². The minimum atomic E-state index is -0.454. The van der Waals surface area contributed by atoms with E-state index >= 15 is 0 Å². The summed E-state index contributed by atoms with van der Waals surface area (Å²) in [6, 6.07) is 10.8. The van der Waals surface area contributed by atoms with Gasteiger partial charge in [-0.1, -0.05) is 43.2 Å². The molecule has 1 saturated carbocycles. The second-order valence-electron chi connectivity index (χ2n) is 5.06. The Kier molecular flexibility index (Phi) is 3.83. The first kappa shape index (κ1) is 13.3. The topological polar surface area (TPSA) is 50.4 Å². The molecule has 4 heteroatoms. The molecule has 1 heterocycles. The zero-order valence-corrected chi connectivity index (χ0v) is 11.9. The summed E-state index contributed by atoms with van der Waals surface area (Å²) in [5.74, 6) is 2.09. The van der Waals surface area contributed by atoms with Crippen LogP contribution in [-0.2, 0) is 0 Å². The zero-order chi connectivity index (χ0) is 13.9. The van der Waals surface area contributed by atoms with Crippen molar-refractivity contribution in [2.45, 2.75) is 24.2 Å². The van der Waals surface area contributed by atoms with Crippen molar-refractivity contribution in [3.63, 3.8) is 0 Å². The Bertz CT molecular complexity index is 645. The van der Waals surface area contributed by atoms with Crippen LogP contribution < -0.4 is 5.63 Å². The number of rotatable bonds is 5. The summed E-state index contributed by atoms with van der Waals surface area (Å²) in [7, 11) is 0. The summed E-state index contributed by atoms with van der Waals surface area (Å²) >= 11 is 1.39. The van der Waals surface area contributed by atoms with Gasteiger partial charge in [0.1, 0.15) is 16.4 Å². The lowest BCUT2D eigenvalue weighted by atomic mass is 10.1. The largest absolute Gasteiger partial charge is 0.506 e. The minimum absolute atomic E-state index is 0.0147. The maximum Gasteiger partial charge on any atom is 0.353 e. The summed E-state index contributed by atoms with van der Waals surface area (Å²) < 4.78 is 5.31. The molecular weight excluding hydrogens is 272 g/mol. The predicted molar refractivity (Wildman–Crippen MR) is 80.1 cm³/mol. The molecule has 0 spiro atoms. The van der Waals surface area contributed by atoms with Crippen LogP contribution in [0.2, 0.25) is 0 Å². The second-order valence-corrected chi connectivity index (χ2v) is 6.16. The minimum Gasteiger partial charge on any atom is -0.506 e. The molecule has 20 heavy (non-hydrogen) atoms. The molecule has 3 nitrogen and oxygen atoms in total. The van der Waals surface area contributed by atoms with Crippen LogP contribution in [0.4, 0.5) is 0 Å². The monoisotopic (exact) mass is 288 g/mol. The highest BCUT2D eigenvalue weighted by molar-refractivity contribution is 7.99. The average Bonchev–Trinajstić information content (AvgIpc) is 3.27. The quantitative estimate of drug-likeness (QED) is 0.848. The highest BCUT2D eigenvalue weighted by Gasteiger charge is 2.21. The van der Waals surface area contributed by atoms with E-state index in [4.69, 9.17) is 4.42 Å². The molecule has 1 N–H and O–H groups in total. The number of aromatic hydroxyl groups is 1. The van der Waals surface area contributed by atoms with E-state index < -0.39 is 5.63 Å². The van der Waals surface area contributed by atoms with Crippen molar-refractivity contribution in [1.82, 2.24) is 0 Å². The molecule has 0 aliphatic heterocycles. The molecule has 1 aromatic carbocycles. The van der Waals surface area contributed by atoms with Crippen molar-refractivity contribution in [2.75, 3.05) is 5.75 Å². The van der Waals surface area contributed by atoms with E-state index in [0.717, 1.165) is 23.7 Å². The third-order valence-corrected chi connectivity index (χ3v) is 4.52. The van der Waals surface area contributed by atoms with Gasteiger partial charge in [-0.3, -0.25) is 0 Å². The standard InChI is InChI=1S/C16H16O3S/c17-13-10-14(12-4-2-1-3-5-12)19-16(18)15(13)20-9-8-11-6-7-11/h1-5,10-11,17H,6-9H2. The summed E-state index contributed by atoms with van der Waals surface area (Å²) in [4.78, 5) is 12.3. The molecule has 3 rings (SSSR count). The fourth-order valence-corrected chi connectivity index (χ4v) is 3.10. The van der Waals surface area contributed by atoms with E-state index in [1.807, 2.05) is 30.3 Å². The summed E-state index contributed by atoms with van der Waals surface area (Å²) in [5.41, 5.74) is 0.332. The van der Waals surface area contributed by atoms with Crippen LogP contribution in [-0.4, -0.2) is 10.9 Å². The Morgan fingerprint density at radius 3 is 2.65 bits per heavy atom. The van der Waals surface area contributed by atoms with E-state index in [1.54, 1.807) is 0 Å². The molecule has 0 bridgehead atoms. The number of thioether (sulfide) groups is 1. The summed E-state index contributed by atoms with van der Waals surface area (Å²) in [5, 5.41) is 10.0. The smallest absolute Gasteiger partial charge is 0.353 e. The van der Waals surface area contributed by atoms with Crippen molar-refractivity contribution in [3.8, 4) is 17.1 Å². The van der Waals surface area contributed by atoms with Gasteiger partial charge < -0.3 is 9.52 Å². The maximum atomic E-state index is 12.0. The molecular formula is C16H16O3S. The van der Waals surface area contributed by atoms with E-state index in [0.29, 0.717) is 10.7 Å². The van der Waals surface area contributed by atoms with Gasteiger partial charge in [-0.25, -0.2) is 4.79 Å². The fraction of sp³-hybridized carbons (Fsp3) is 0.312. The fourth-order valence-electron chi connectivity index (χ4n) is 2.08. The van der Waals surface area contributed by atoms with Gasteiger partial charge in [-0.05, 0) is 18.1 Å². The molecule has 1 aliphatic rings. The molecule has 1 aliphatic carbocycles. The van der Waals surface area contributed by atoms with Crippen LogP contribution in [0.5, 0.6) is 5.75 Å². The van der Waals surface area contributed by atoms with Crippen LogP contribution in [0.3, 0.4) is 0 Å². The Morgan fingerprint density at radius 2 is 2.00 bits per heavy atom. The van der Waals surface area contributed by atoms with Crippen LogP contribution in [0.15, 0.2) is 50.5 Å². The van der Waals surface area contributed by atoms with Crippen molar-refractivity contribution in [1.29, 1.82) is 0 Å². The van der Waals surface area contributed by atoms with Gasteiger partial charge in [-0.15, -0.1) is 11.8 Å². The van der Waals surface area contributed by atoms with E-state index in [9.17, 15) is 9.90 Å². The predicted octanol–water partition coefficient (Wildman–Crippen LogP) is 3.90. The lowest BCUT2D eigenvalue weighted by Gasteiger charge is -2.05. The molecule has 104 valence electrons. The first-order valence-corrected chi connectivity index (χ1v) is 7.78. The van der Waals surface area contributed by atoms with Gasteiger partial charge >= 0.3 is 5.63 Å². The molecule has 0 amide bonds. The van der Waals surface area contributed by atoms with Crippen molar-refractivity contribution in [2.24, 2.45) is 5.92 Å². The molecule has 2 aromatic rings. The van der Waals surface area contributed by atoms with E-state index in [-0.39, 0.29) is 5.75 Å². The Hall–Kier alpha value is -1.68. The van der Waals surface area contributed by atoms with Crippen LogP contribution in [0.1, 0.15) is 19.3 Å². The van der Waals surface area contributed by atoms with Crippen molar-refractivity contribution < 1.29 is 9.52 Å². The lowest BCUT2D eigenvalue weighted by Crippen LogP contribution is -2.03. The van der Waals surface area contributed by atoms with E-state index in [1.165, 1.54) is 30.7 Å². The first-order valence-electron chi connectivity index (χ1n) is 6.79. The van der Waals surface area contributed by atoms with Crippen molar-refractivity contribution in [3.05, 3.63) is 46.8 Å². The van der Waals surface area contributed by atoms with Gasteiger partial charge in [0, 0.05) is 11.6 Å².